The van der Waals surface area contributed by atoms with Gasteiger partial charge in [0, 0.05) is 54.7 Å². The first-order valence-corrected chi connectivity index (χ1v) is 28.5. The normalized spacial score (nSPS) is 16.0. The SMILES string of the molecule is c1ccc2c(c1)-c1cccc3ccc4c(c13)c1c-2cccc1n4-c1cc2c3c(c1)-n1c4ccc(C5CCCCC5)cc4c4cc5ccccc5c(c41)B3c1cc(C3CCCCC3)cc3c4cc5ccccc5cc4n-2c13. The van der Waals surface area contributed by atoms with Crippen LogP contribution in [0.5, 0.6) is 0 Å². The van der Waals surface area contributed by atoms with Crippen molar-refractivity contribution in [3.63, 3.8) is 0 Å². The lowest BCUT2D eigenvalue weighted by molar-refractivity contribution is 0.444. The van der Waals surface area contributed by atoms with Gasteiger partial charge in [-0.2, -0.15) is 0 Å². The number of nitrogens with zero attached hydrogens (tertiary/aromatic N) is 3. The highest BCUT2D eigenvalue weighted by atomic mass is 15.1. The first-order valence-electron chi connectivity index (χ1n) is 28.5. The highest BCUT2D eigenvalue weighted by Crippen LogP contribution is 2.51. The summed E-state index contributed by atoms with van der Waals surface area (Å²) < 4.78 is 8.13. The predicted molar refractivity (Wildman–Crippen MR) is 323 cm³/mol. The third-order valence-electron chi connectivity index (χ3n) is 19.8. The van der Waals surface area contributed by atoms with Gasteiger partial charge in [0.15, 0.2) is 0 Å². The lowest BCUT2D eigenvalue weighted by atomic mass is 9.33. The second-order valence-corrected chi connectivity index (χ2v) is 23.5. The van der Waals surface area contributed by atoms with Gasteiger partial charge in [-0.3, -0.25) is 0 Å². The van der Waals surface area contributed by atoms with Crippen LogP contribution in [0.4, 0.5) is 0 Å². The second-order valence-electron chi connectivity index (χ2n) is 23.5. The van der Waals surface area contributed by atoms with Gasteiger partial charge < -0.3 is 13.7 Å². The van der Waals surface area contributed by atoms with E-state index in [0.717, 1.165) is 0 Å². The maximum absolute atomic E-state index is 2.75. The average molecular weight is 970 g/mol. The predicted octanol–water partition coefficient (Wildman–Crippen LogP) is 17.3. The highest BCUT2D eigenvalue weighted by molar-refractivity contribution is 7.01. The first kappa shape index (κ1) is 41.0. The van der Waals surface area contributed by atoms with Gasteiger partial charge in [0.05, 0.1) is 27.8 Å². The molecule has 76 heavy (non-hydrogen) atoms. The molecule has 2 aliphatic heterocycles. The molecule has 14 aromatic rings. The van der Waals surface area contributed by atoms with Crippen LogP contribution in [0, 0.1) is 0 Å². The van der Waals surface area contributed by atoms with Gasteiger partial charge in [0.25, 0.3) is 6.71 Å². The van der Waals surface area contributed by atoms with Gasteiger partial charge in [-0.1, -0.05) is 160 Å². The molecule has 4 heteroatoms. The van der Waals surface area contributed by atoms with Crippen molar-refractivity contribution in [3.05, 3.63) is 193 Å². The molecule has 358 valence electrons. The van der Waals surface area contributed by atoms with Crippen LogP contribution in [-0.4, -0.2) is 20.4 Å². The van der Waals surface area contributed by atoms with Crippen molar-refractivity contribution >= 4 is 121 Å². The van der Waals surface area contributed by atoms with E-state index in [4.69, 9.17) is 0 Å². The minimum atomic E-state index is 0.0258. The summed E-state index contributed by atoms with van der Waals surface area (Å²) in [6.07, 6.45) is 13.1. The topological polar surface area (TPSA) is 14.8 Å². The van der Waals surface area contributed by atoms with Gasteiger partial charge in [-0.05, 0) is 180 Å². The third-order valence-corrected chi connectivity index (χ3v) is 19.8. The number of rotatable bonds is 3. The van der Waals surface area contributed by atoms with Crippen molar-refractivity contribution in [1.29, 1.82) is 0 Å². The van der Waals surface area contributed by atoms with Crippen LogP contribution in [-0.2, 0) is 0 Å². The summed E-state index contributed by atoms with van der Waals surface area (Å²) in [5, 5.41) is 16.1. The van der Waals surface area contributed by atoms with Gasteiger partial charge >= 0.3 is 0 Å². The van der Waals surface area contributed by atoms with E-state index >= 15 is 0 Å². The van der Waals surface area contributed by atoms with Crippen LogP contribution in [0.1, 0.15) is 87.2 Å². The molecule has 2 fully saturated rings. The van der Waals surface area contributed by atoms with Crippen molar-refractivity contribution in [1.82, 2.24) is 13.7 Å². The Balaban J connectivity index is 1.01. The Hall–Kier alpha value is -8.34. The Kier molecular flexibility index (Phi) is 7.95. The molecule has 0 radical (unpaired) electrons. The van der Waals surface area contributed by atoms with Crippen LogP contribution in [0.3, 0.4) is 0 Å². The summed E-state index contributed by atoms with van der Waals surface area (Å²) in [4.78, 5) is 0. The van der Waals surface area contributed by atoms with Crippen LogP contribution in [0.15, 0.2) is 182 Å². The van der Waals surface area contributed by atoms with Crippen LogP contribution in [0.25, 0.3) is 137 Å². The van der Waals surface area contributed by atoms with E-state index in [-0.39, 0.29) is 6.71 Å². The molecule has 0 N–H and O–H groups in total. The van der Waals surface area contributed by atoms with Gasteiger partial charge in [0.2, 0.25) is 0 Å². The molecule has 5 heterocycles. The van der Waals surface area contributed by atoms with E-state index in [9.17, 15) is 0 Å². The summed E-state index contributed by atoms with van der Waals surface area (Å²) in [7, 11) is 0. The monoisotopic (exact) mass is 969 g/mol. The summed E-state index contributed by atoms with van der Waals surface area (Å²) >= 11 is 0. The molecular formula is C72H52BN3. The van der Waals surface area contributed by atoms with Gasteiger partial charge in [-0.15, -0.1) is 0 Å². The molecule has 3 aliphatic carbocycles. The van der Waals surface area contributed by atoms with Crippen molar-refractivity contribution in [2.45, 2.75) is 76.0 Å². The molecule has 0 bridgehead atoms. The first-order chi connectivity index (χ1) is 37.7. The molecule has 0 saturated heterocycles. The van der Waals surface area contributed by atoms with E-state index in [0.29, 0.717) is 11.8 Å². The number of hydrogen-bond donors (Lipinski definition) is 0. The van der Waals surface area contributed by atoms with Crippen molar-refractivity contribution in [2.24, 2.45) is 0 Å². The summed E-state index contributed by atoms with van der Waals surface area (Å²) in [6.45, 7) is 0.0258. The molecule has 11 aromatic carbocycles. The molecule has 3 nitrogen and oxygen atoms in total. The van der Waals surface area contributed by atoms with E-state index in [1.165, 1.54) is 229 Å². The maximum Gasteiger partial charge on any atom is 0.253 e. The van der Waals surface area contributed by atoms with Crippen molar-refractivity contribution < 1.29 is 0 Å². The molecular weight excluding hydrogens is 918 g/mol. The zero-order chi connectivity index (χ0) is 49.1. The van der Waals surface area contributed by atoms with E-state index in [2.05, 4.69) is 196 Å². The number of fused-ring (bicyclic) bond motifs is 16. The Morgan fingerprint density at radius 1 is 0.329 bits per heavy atom. The zero-order valence-electron chi connectivity index (χ0n) is 42.5. The molecule has 0 unspecified atom stereocenters. The molecule has 3 aromatic heterocycles. The standard InChI is InChI=1S/C72H52BN3/c1-3-15-41(16-4-1)46-30-31-60-55(34-46)58-35-47-21-9-10-23-50(47)69-72(58)75(60)64-39-49(74-61-28-14-27-54-52-25-12-11-24-51(52)53-26-13-22-43-29-32-62(74)68(66(43)53)67(54)61)40-65-70(64)73(69)59-37-48(42-17-5-2-6-18-42)36-57-56-33-44-19-7-8-20-45(44)38-63(56)76(65)71(57)59/h7-14,19-42H,1-6,15-18H2. The zero-order valence-corrected chi connectivity index (χ0v) is 42.5. The number of aromatic nitrogens is 3. The average Bonchev–Trinajstić information content (AvgIpc) is 4.18. The molecule has 2 saturated carbocycles. The molecule has 0 amide bonds. The van der Waals surface area contributed by atoms with Crippen molar-refractivity contribution in [3.8, 4) is 39.3 Å². The van der Waals surface area contributed by atoms with Crippen molar-refractivity contribution in [2.75, 3.05) is 0 Å². The fraction of sp³-hybridized carbons (Fsp3) is 0.167. The molecule has 0 spiro atoms. The minimum Gasteiger partial charge on any atom is -0.310 e. The van der Waals surface area contributed by atoms with Gasteiger partial charge in [-0.25, -0.2) is 0 Å². The summed E-state index contributed by atoms with van der Waals surface area (Å²) in [6, 6.07) is 72.1. The van der Waals surface area contributed by atoms with Crippen LogP contribution < -0.4 is 16.4 Å². The van der Waals surface area contributed by atoms with E-state index in [1.807, 2.05) is 0 Å². The fourth-order valence-electron chi connectivity index (χ4n) is 16.6. The Morgan fingerprint density at radius 3 is 1.70 bits per heavy atom. The van der Waals surface area contributed by atoms with Gasteiger partial charge in [0.1, 0.15) is 0 Å². The lowest BCUT2D eigenvalue weighted by Crippen LogP contribution is -2.59. The Labute approximate surface area is 440 Å². The summed E-state index contributed by atoms with van der Waals surface area (Å²) in [5.41, 5.74) is 24.3. The highest BCUT2D eigenvalue weighted by Gasteiger charge is 2.43. The smallest absolute Gasteiger partial charge is 0.253 e. The third kappa shape index (κ3) is 5.16. The largest absolute Gasteiger partial charge is 0.310 e. The van der Waals surface area contributed by atoms with Crippen LogP contribution >= 0.6 is 0 Å². The lowest BCUT2D eigenvalue weighted by Gasteiger charge is -2.35. The second kappa shape index (κ2) is 14.7. The maximum atomic E-state index is 2.75. The van der Waals surface area contributed by atoms with E-state index < -0.39 is 0 Å². The fourth-order valence-corrected chi connectivity index (χ4v) is 16.6. The number of hydrogen-bond acceptors (Lipinski definition) is 0. The molecule has 0 atom stereocenters. The minimum absolute atomic E-state index is 0.0258. The number of benzene rings is 11. The Bertz CT molecular complexity index is 4970. The Morgan fingerprint density at radius 2 is 0.908 bits per heavy atom. The summed E-state index contributed by atoms with van der Waals surface area (Å²) in [5.74, 6) is 1.18. The van der Waals surface area contributed by atoms with E-state index in [1.54, 1.807) is 0 Å². The van der Waals surface area contributed by atoms with Crippen LogP contribution in [0.2, 0.25) is 0 Å². The molecule has 19 rings (SSSR count). The molecule has 5 aliphatic rings. The quantitative estimate of drug-likeness (QED) is 0.157.